The van der Waals surface area contributed by atoms with Gasteiger partial charge in [-0.1, -0.05) is 13.3 Å². The molecule has 1 heterocycles. The number of hydrogen-bond acceptors (Lipinski definition) is 4. The normalized spacial score (nSPS) is 19.7. The number of nitrogens with two attached hydrogens (primary N) is 1. The Labute approximate surface area is 111 Å². The van der Waals surface area contributed by atoms with Crippen molar-refractivity contribution in [3.05, 3.63) is 0 Å². The van der Waals surface area contributed by atoms with Gasteiger partial charge in [-0.15, -0.1) is 0 Å². The molecule has 4 heteroatoms. The van der Waals surface area contributed by atoms with Crippen LogP contribution in [0.15, 0.2) is 0 Å². The fraction of sp³-hybridized carbons (Fsp3) is 0.929. The minimum Gasteiger partial charge on any atom is -0.461 e. The van der Waals surface area contributed by atoms with E-state index in [0.717, 1.165) is 39.0 Å². The van der Waals surface area contributed by atoms with Crippen molar-refractivity contribution >= 4 is 5.97 Å². The molecule has 0 saturated carbocycles. The molecule has 0 aromatic rings. The Morgan fingerprint density at radius 2 is 2.11 bits per heavy atom. The minimum absolute atomic E-state index is 0.00350. The molecule has 0 aromatic carbocycles. The van der Waals surface area contributed by atoms with Gasteiger partial charge < -0.3 is 10.5 Å². The summed E-state index contributed by atoms with van der Waals surface area (Å²) in [6.45, 7) is 7.89. The van der Waals surface area contributed by atoms with E-state index in [1.807, 2.05) is 6.92 Å². The summed E-state index contributed by atoms with van der Waals surface area (Å²) in [6.07, 6.45) is 4.86. The van der Waals surface area contributed by atoms with Crippen LogP contribution in [0.25, 0.3) is 0 Å². The first-order valence-electron chi connectivity index (χ1n) is 7.27. The highest BCUT2D eigenvalue weighted by molar-refractivity contribution is 5.69. The number of carbonyl (C=O) groups excluding carboxylic acids is 1. The molecule has 18 heavy (non-hydrogen) atoms. The molecule has 1 rings (SSSR count). The van der Waals surface area contributed by atoms with Crippen LogP contribution in [0.2, 0.25) is 0 Å². The van der Waals surface area contributed by atoms with Gasteiger partial charge in [0, 0.05) is 13.0 Å². The summed E-state index contributed by atoms with van der Waals surface area (Å²) in [5, 5.41) is 0. The second-order valence-corrected chi connectivity index (χ2v) is 5.38. The first-order chi connectivity index (χ1) is 8.65. The van der Waals surface area contributed by atoms with Gasteiger partial charge in [0.25, 0.3) is 0 Å². The van der Waals surface area contributed by atoms with Crippen LogP contribution in [0.5, 0.6) is 0 Å². The summed E-state index contributed by atoms with van der Waals surface area (Å²) >= 11 is 0. The lowest BCUT2D eigenvalue weighted by molar-refractivity contribution is -0.149. The summed E-state index contributed by atoms with van der Waals surface area (Å²) in [4.78, 5) is 13.9. The lowest BCUT2D eigenvalue weighted by Crippen LogP contribution is -2.40. The predicted molar refractivity (Wildman–Crippen MR) is 73.3 cm³/mol. The molecule has 2 N–H and O–H groups in total. The largest absolute Gasteiger partial charge is 0.461 e. The Morgan fingerprint density at radius 3 is 2.67 bits per heavy atom. The summed E-state index contributed by atoms with van der Waals surface area (Å²) < 4.78 is 5.40. The van der Waals surface area contributed by atoms with Crippen molar-refractivity contribution < 1.29 is 9.53 Å². The second-order valence-electron chi connectivity index (χ2n) is 5.38. The summed E-state index contributed by atoms with van der Waals surface area (Å²) in [7, 11) is 0. The van der Waals surface area contributed by atoms with E-state index in [1.165, 1.54) is 12.8 Å². The fourth-order valence-electron chi connectivity index (χ4n) is 2.41. The molecular formula is C14H28N2O2. The maximum Gasteiger partial charge on any atom is 0.306 e. The molecule has 1 fully saturated rings. The molecule has 0 amide bonds. The molecule has 0 aromatic heterocycles. The van der Waals surface area contributed by atoms with Gasteiger partial charge in [0.2, 0.25) is 0 Å². The first-order valence-corrected chi connectivity index (χ1v) is 7.27. The average molecular weight is 256 g/mol. The van der Waals surface area contributed by atoms with E-state index in [2.05, 4.69) is 11.8 Å². The van der Waals surface area contributed by atoms with Crippen molar-refractivity contribution in [1.82, 2.24) is 4.90 Å². The summed E-state index contributed by atoms with van der Waals surface area (Å²) in [6, 6.07) is 0. The van der Waals surface area contributed by atoms with Gasteiger partial charge in [-0.2, -0.15) is 0 Å². The zero-order chi connectivity index (χ0) is 13.4. The highest BCUT2D eigenvalue weighted by Gasteiger charge is 2.20. The summed E-state index contributed by atoms with van der Waals surface area (Å²) in [5.74, 6) is 0.629. The van der Waals surface area contributed by atoms with Crippen LogP contribution >= 0.6 is 0 Å². The van der Waals surface area contributed by atoms with Crippen LogP contribution < -0.4 is 5.73 Å². The van der Waals surface area contributed by atoms with E-state index in [0.29, 0.717) is 12.3 Å². The third-order valence-electron chi connectivity index (χ3n) is 3.62. The number of nitrogens with zero attached hydrogens (tertiary/aromatic N) is 1. The number of rotatable bonds is 7. The third kappa shape index (κ3) is 5.83. The van der Waals surface area contributed by atoms with Crippen molar-refractivity contribution in [2.45, 2.75) is 52.1 Å². The van der Waals surface area contributed by atoms with Crippen LogP contribution in [0.1, 0.15) is 46.0 Å². The minimum atomic E-state index is -0.0544. The van der Waals surface area contributed by atoms with E-state index in [9.17, 15) is 4.79 Å². The molecule has 0 radical (unpaired) electrons. The standard InChI is InChI=1S/C14H28N2O2/c1-3-4-5-14(17)18-12(2)11-16-8-6-13(10-15)7-9-16/h12-13H,3-11,15H2,1-2H3. The lowest BCUT2D eigenvalue weighted by Gasteiger charge is -2.32. The highest BCUT2D eigenvalue weighted by atomic mass is 16.5. The smallest absolute Gasteiger partial charge is 0.306 e. The summed E-state index contributed by atoms with van der Waals surface area (Å²) in [5.41, 5.74) is 5.67. The quantitative estimate of drug-likeness (QED) is 0.705. The van der Waals surface area contributed by atoms with Crippen molar-refractivity contribution in [2.75, 3.05) is 26.2 Å². The van der Waals surface area contributed by atoms with E-state index in [4.69, 9.17) is 10.5 Å². The molecule has 0 spiro atoms. The maximum atomic E-state index is 11.5. The van der Waals surface area contributed by atoms with Crippen molar-refractivity contribution in [1.29, 1.82) is 0 Å². The SMILES string of the molecule is CCCCC(=O)OC(C)CN1CCC(CN)CC1. The molecule has 4 nitrogen and oxygen atoms in total. The van der Waals surface area contributed by atoms with Crippen LogP contribution in [-0.2, 0) is 9.53 Å². The first kappa shape index (κ1) is 15.4. The zero-order valence-electron chi connectivity index (χ0n) is 11.9. The number of piperidine rings is 1. The van der Waals surface area contributed by atoms with Crippen molar-refractivity contribution in [3.8, 4) is 0 Å². The molecule has 1 aliphatic rings. The fourth-order valence-corrected chi connectivity index (χ4v) is 2.41. The second kappa shape index (κ2) is 8.48. The molecular weight excluding hydrogens is 228 g/mol. The third-order valence-corrected chi connectivity index (χ3v) is 3.62. The van der Waals surface area contributed by atoms with Gasteiger partial charge in [0.05, 0.1) is 0 Å². The van der Waals surface area contributed by atoms with E-state index in [-0.39, 0.29) is 12.1 Å². The van der Waals surface area contributed by atoms with Crippen molar-refractivity contribution in [2.24, 2.45) is 11.7 Å². The molecule has 1 aliphatic heterocycles. The van der Waals surface area contributed by atoms with Gasteiger partial charge in [-0.25, -0.2) is 0 Å². The molecule has 1 unspecified atom stereocenters. The van der Waals surface area contributed by atoms with Crippen LogP contribution in [0, 0.1) is 5.92 Å². The highest BCUT2D eigenvalue weighted by Crippen LogP contribution is 2.16. The van der Waals surface area contributed by atoms with Crippen molar-refractivity contribution in [3.63, 3.8) is 0 Å². The molecule has 1 atom stereocenters. The zero-order valence-corrected chi connectivity index (χ0v) is 11.9. The molecule has 0 aliphatic carbocycles. The topological polar surface area (TPSA) is 55.6 Å². The number of unbranched alkanes of at least 4 members (excludes halogenated alkanes) is 1. The Kier molecular flexibility index (Phi) is 7.28. The van der Waals surface area contributed by atoms with Gasteiger partial charge in [0.15, 0.2) is 0 Å². The number of carbonyl (C=O) groups is 1. The number of hydrogen-bond donors (Lipinski definition) is 1. The Hall–Kier alpha value is -0.610. The van der Waals surface area contributed by atoms with Gasteiger partial charge in [0.1, 0.15) is 6.10 Å². The van der Waals surface area contributed by atoms with E-state index in [1.54, 1.807) is 0 Å². The maximum absolute atomic E-state index is 11.5. The van der Waals surface area contributed by atoms with Crippen LogP contribution in [-0.4, -0.2) is 43.2 Å². The van der Waals surface area contributed by atoms with Gasteiger partial charge in [-0.3, -0.25) is 9.69 Å². The van der Waals surface area contributed by atoms with Crippen LogP contribution in [0.3, 0.4) is 0 Å². The Balaban J connectivity index is 2.16. The van der Waals surface area contributed by atoms with E-state index >= 15 is 0 Å². The predicted octanol–water partition coefficient (Wildman–Crippen LogP) is 1.78. The number of esters is 1. The monoisotopic (exact) mass is 256 g/mol. The number of likely N-dealkylation sites (tertiary alicyclic amines) is 1. The van der Waals surface area contributed by atoms with Gasteiger partial charge in [-0.05, 0) is 51.7 Å². The van der Waals surface area contributed by atoms with Crippen LogP contribution in [0.4, 0.5) is 0 Å². The average Bonchev–Trinajstić information content (AvgIpc) is 2.37. The lowest BCUT2D eigenvalue weighted by atomic mass is 9.97. The van der Waals surface area contributed by atoms with Gasteiger partial charge >= 0.3 is 5.97 Å². The molecule has 106 valence electrons. The Morgan fingerprint density at radius 1 is 1.44 bits per heavy atom. The van der Waals surface area contributed by atoms with E-state index < -0.39 is 0 Å². The molecule has 0 bridgehead atoms. The molecule has 1 saturated heterocycles. The Bertz CT molecular complexity index is 238. The number of ether oxygens (including phenoxy) is 1.